The number of hydrogen-bond donors (Lipinski definition) is 1. The smallest absolute Gasteiger partial charge is 0.352 e. The van der Waals surface area contributed by atoms with Crippen molar-refractivity contribution >= 4 is 0 Å². The highest BCUT2D eigenvalue weighted by molar-refractivity contribution is 5.62. The van der Waals surface area contributed by atoms with Gasteiger partial charge in [-0.15, -0.1) is 0 Å². The Bertz CT molecular complexity index is 1530. The molecule has 0 unspecified atom stereocenters. The van der Waals surface area contributed by atoms with Gasteiger partial charge in [-0.3, -0.25) is 13.9 Å². The zero-order valence-electron chi connectivity index (χ0n) is 22.4. The highest BCUT2D eigenvalue weighted by Gasteiger charge is 2.60. The van der Waals surface area contributed by atoms with Crippen LogP contribution in [0.5, 0.6) is 0 Å². The molecule has 7 atom stereocenters. The molecule has 2 heterocycles. The molecule has 7 heteroatoms. The molecule has 0 radical (unpaired) electrons. The summed E-state index contributed by atoms with van der Waals surface area (Å²) in [6.45, 7) is 4.79. The van der Waals surface area contributed by atoms with Crippen molar-refractivity contribution in [1.82, 2.24) is 14.1 Å². The van der Waals surface area contributed by atoms with Crippen LogP contribution in [0.15, 0.2) is 39.9 Å². The van der Waals surface area contributed by atoms with Crippen molar-refractivity contribution in [1.29, 1.82) is 0 Å². The minimum atomic E-state index is -0.580. The van der Waals surface area contributed by atoms with Gasteiger partial charge in [0.1, 0.15) is 5.82 Å². The van der Waals surface area contributed by atoms with Gasteiger partial charge >= 0.3 is 5.69 Å². The SMILES string of the molecule is Cn1c(=O)nc2n(-c3ccc(F)cc3)c3c(cc-2c1=O)C[C@@]1(C)[C@@H](CC[C@@H]2[C@@H]1CC[C@]1(C)[C@@H](O)CC[C@@H]21)C3. The first kappa shape index (κ1) is 24.3. The van der Waals surface area contributed by atoms with E-state index in [1.807, 2.05) is 10.6 Å². The summed E-state index contributed by atoms with van der Waals surface area (Å²) in [5, 5.41) is 10.8. The van der Waals surface area contributed by atoms with Crippen molar-refractivity contribution in [3.63, 3.8) is 0 Å². The molecule has 4 aliphatic carbocycles. The molecular weight excluding hydrogens is 481 g/mol. The third-order valence-corrected chi connectivity index (χ3v) is 11.5. The lowest BCUT2D eigenvalue weighted by atomic mass is 9.45. The summed E-state index contributed by atoms with van der Waals surface area (Å²) < 4.78 is 16.9. The number of hydrogen-bond acceptors (Lipinski definition) is 4. The molecule has 6 aliphatic rings. The van der Waals surface area contributed by atoms with Crippen molar-refractivity contribution in [3.05, 3.63) is 68.2 Å². The molecule has 1 aromatic rings. The van der Waals surface area contributed by atoms with Gasteiger partial charge in [0.15, 0.2) is 5.82 Å². The van der Waals surface area contributed by atoms with Gasteiger partial charge in [-0.05, 0) is 122 Å². The average molecular weight is 518 g/mol. The van der Waals surface area contributed by atoms with Crippen LogP contribution >= 0.6 is 0 Å². The number of aliphatic hydroxyl groups excluding tert-OH is 1. The fourth-order valence-corrected chi connectivity index (χ4v) is 9.42. The highest BCUT2D eigenvalue weighted by atomic mass is 19.1. The van der Waals surface area contributed by atoms with E-state index in [1.165, 1.54) is 25.6 Å². The molecule has 0 spiro atoms. The summed E-state index contributed by atoms with van der Waals surface area (Å²) in [6, 6.07) is 8.23. The molecule has 0 amide bonds. The topological polar surface area (TPSA) is 77.1 Å². The van der Waals surface area contributed by atoms with Crippen LogP contribution in [0.2, 0.25) is 0 Å². The van der Waals surface area contributed by atoms with E-state index in [0.717, 1.165) is 66.5 Å². The molecule has 0 bridgehead atoms. The standard InChI is InChI=1S/C31H36FN3O3/c1-30-13-12-24-21(23(30)10-11-26(30)36)9-4-18-15-25-17(16-31(18,24)2)14-22-27(33-29(38)34(3)28(22)37)35(25)20-7-5-19(32)6-8-20/h5-8,14,18,21,23-24,26,36H,4,9-13,15-16H2,1-3H3/t18-,21-,23-,24-,26-,30-,31-/m0/s1. The van der Waals surface area contributed by atoms with Crippen molar-refractivity contribution in [2.75, 3.05) is 0 Å². The molecule has 3 saturated carbocycles. The van der Waals surface area contributed by atoms with Crippen molar-refractivity contribution in [3.8, 4) is 17.1 Å². The number of pyridine rings is 1. The molecule has 1 aromatic carbocycles. The maximum atomic E-state index is 13.9. The van der Waals surface area contributed by atoms with Gasteiger partial charge in [0.2, 0.25) is 0 Å². The second kappa shape index (κ2) is 8.10. The van der Waals surface area contributed by atoms with Crippen molar-refractivity contribution < 1.29 is 9.50 Å². The van der Waals surface area contributed by atoms with E-state index in [-0.39, 0.29) is 28.3 Å². The van der Waals surface area contributed by atoms with Crippen molar-refractivity contribution in [2.45, 2.75) is 71.3 Å². The van der Waals surface area contributed by atoms with E-state index in [9.17, 15) is 19.1 Å². The zero-order valence-corrected chi connectivity index (χ0v) is 22.4. The Morgan fingerprint density at radius 2 is 1.74 bits per heavy atom. The van der Waals surface area contributed by atoms with Crippen LogP contribution in [-0.4, -0.2) is 25.3 Å². The average Bonchev–Trinajstić information content (AvgIpc) is 3.20. The maximum absolute atomic E-state index is 13.9. The summed E-state index contributed by atoms with van der Waals surface area (Å²) in [5.41, 5.74) is 2.60. The second-order valence-electron chi connectivity index (χ2n) is 13.1. The first-order chi connectivity index (χ1) is 18.1. The van der Waals surface area contributed by atoms with Gasteiger partial charge in [-0.25, -0.2) is 9.18 Å². The number of fused-ring (bicyclic) bond motifs is 7. The van der Waals surface area contributed by atoms with E-state index < -0.39 is 5.69 Å². The molecular formula is C31H36FN3O3. The molecule has 2 aliphatic heterocycles. The molecule has 1 N–H and O–H groups in total. The Balaban J connectivity index is 1.39. The summed E-state index contributed by atoms with van der Waals surface area (Å²) in [4.78, 5) is 30.2. The number of aromatic nitrogens is 3. The van der Waals surface area contributed by atoms with Crippen LogP contribution in [0, 0.1) is 40.3 Å². The number of rotatable bonds is 1. The third kappa shape index (κ3) is 3.17. The predicted octanol–water partition coefficient (Wildman–Crippen LogP) is 4.49. The van der Waals surface area contributed by atoms with Gasteiger partial charge in [0.05, 0.1) is 11.7 Å². The first-order valence-electron chi connectivity index (χ1n) is 14.2. The number of halogens is 1. The maximum Gasteiger partial charge on any atom is 0.352 e. The van der Waals surface area contributed by atoms with Gasteiger partial charge in [-0.1, -0.05) is 13.8 Å². The van der Waals surface area contributed by atoms with E-state index in [4.69, 9.17) is 0 Å². The van der Waals surface area contributed by atoms with Gasteiger partial charge < -0.3 is 5.11 Å². The summed E-state index contributed by atoms with van der Waals surface area (Å²) >= 11 is 0. The second-order valence-corrected chi connectivity index (χ2v) is 13.1. The lowest BCUT2D eigenvalue weighted by Gasteiger charge is -2.60. The van der Waals surface area contributed by atoms with Crippen LogP contribution < -0.4 is 11.2 Å². The normalized spacial score (nSPS) is 35.9. The molecule has 3 fully saturated rings. The van der Waals surface area contributed by atoms with E-state index >= 15 is 0 Å². The van der Waals surface area contributed by atoms with Crippen LogP contribution in [0.25, 0.3) is 17.1 Å². The summed E-state index contributed by atoms with van der Waals surface area (Å²) in [5.74, 6) is 2.32. The largest absolute Gasteiger partial charge is 0.393 e. The van der Waals surface area contributed by atoms with Crippen LogP contribution in [0.1, 0.15) is 63.6 Å². The summed E-state index contributed by atoms with van der Waals surface area (Å²) in [6.07, 6.45) is 8.16. The third-order valence-electron chi connectivity index (χ3n) is 11.5. The minimum Gasteiger partial charge on any atom is -0.393 e. The van der Waals surface area contributed by atoms with Gasteiger partial charge in [0, 0.05) is 18.4 Å². The Morgan fingerprint density at radius 1 is 1.00 bits per heavy atom. The van der Waals surface area contributed by atoms with E-state index in [0.29, 0.717) is 35.1 Å². The van der Waals surface area contributed by atoms with E-state index in [2.05, 4.69) is 18.8 Å². The number of benzene rings is 1. The number of nitrogens with zero attached hydrogens (tertiary/aromatic N) is 3. The predicted molar refractivity (Wildman–Crippen MR) is 143 cm³/mol. The molecule has 7 rings (SSSR count). The number of aliphatic hydroxyl groups is 1. The Labute approximate surface area is 221 Å². The first-order valence-corrected chi connectivity index (χ1v) is 14.2. The van der Waals surface area contributed by atoms with Gasteiger partial charge in [0.25, 0.3) is 5.56 Å². The molecule has 6 nitrogen and oxygen atoms in total. The lowest BCUT2D eigenvalue weighted by Crippen LogP contribution is -2.55. The molecule has 0 saturated heterocycles. The molecule has 200 valence electrons. The quantitative estimate of drug-likeness (QED) is 0.516. The Hall–Kier alpha value is -2.80. The van der Waals surface area contributed by atoms with Crippen LogP contribution in [0.4, 0.5) is 4.39 Å². The Kier molecular flexibility index (Phi) is 5.17. The fraction of sp³-hybridized carbons (Fsp3) is 0.581. The minimum absolute atomic E-state index is 0.0483. The molecule has 0 aromatic heterocycles. The van der Waals surface area contributed by atoms with Crippen LogP contribution in [-0.2, 0) is 19.9 Å². The van der Waals surface area contributed by atoms with Crippen LogP contribution in [0.3, 0.4) is 0 Å². The van der Waals surface area contributed by atoms with E-state index in [1.54, 1.807) is 12.1 Å². The monoisotopic (exact) mass is 517 g/mol. The summed E-state index contributed by atoms with van der Waals surface area (Å²) in [7, 11) is 1.47. The zero-order chi connectivity index (χ0) is 26.6. The van der Waals surface area contributed by atoms with Crippen molar-refractivity contribution in [2.24, 2.45) is 41.5 Å². The lowest BCUT2D eigenvalue weighted by molar-refractivity contribution is -0.111. The highest BCUT2D eigenvalue weighted by Crippen LogP contribution is 2.65. The molecule has 38 heavy (non-hydrogen) atoms. The fourth-order valence-electron chi connectivity index (χ4n) is 9.42. The Morgan fingerprint density at radius 3 is 2.50 bits per heavy atom. The van der Waals surface area contributed by atoms with Gasteiger partial charge in [-0.2, -0.15) is 4.98 Å².